The Morgan fingerprint density at radius 2 is 1.88 bits per heavy atom. The highest BCUT2D eigenvalue weighted by Crippen LogP contribution is 2.32. The fraction of sp³-hybridized carbons (Fsp3) is 0.174. The van der Waals surface area contributed by atoms with Crippen LogP contribution in [0, 0.1) is 0 Å². The van der Waals surface area contributed by atoms with Crippen molar-refractivity contribution in [2.75, 3.05) is 0 Å². The largest absolute Gasteiger partial charge is 0.490 e. The van der Waals surface area contributed by atoms with Gasteiger partial charge in [-0.25, -0.2) is 13.4 Å². The van der Waals surface area contributed by atoms with Crippen molar-refractivity contribution >= 4 is 38.4 Å². The summed E-state index contributed by atoms with van der Waals surface area (Å²) in [4.78, 5) is 16.7. The highest BCUT2D eigenvalue weighted by molar-refractivity contribution is 7.91. The van der Waals surface area contributed by atoms with E-state index in [0.29, 0.717) is 16.2 Å². The van der Waals surface area contributed by atoms with Gasteiger partial charge in [0, 0.05) is 23.2 Å². The molecule has 10 heteroatoms. The standard InChI is InChI=1S/C23H21ClN4O4S/c1-14(2)32-20-8-5-18(24)10-21(20)33(30,31)19-6-3-15(4-7-19)11-26-23(29)17-9-16-13-27-28-22(16)25-12-17/h3-10,12-14H,11H2,1-2H3,(H,26,29)(H,25,27,28). The molecule has 0 radical (unpaired) electrons. The molecule has 4 aromatic rings. The molecule has 8 nitrogen and oxygen atoms in total. The average Bonchev–Trinajstić information content (AvgIpc) is 3.26. The van der Waals surface area contributed by atoms with Crippen molar-refractivity contribution < 1.29 is 17.9 Å². The molecule has 2 N–H and O–H groups in total. The topological polar surface area (TPSA) is 114 Å². The fourth-order valence-corrected chi connectivity index (χ4v) is 4.85. The molecule has 0 bridgehead atoms. The van der Waals surface area contributed by atoms with E-state index in [9.17, 15) is 13.2 Å². The van der Waals surface area contributed by atoms with Crippen molar-refractivity contribution in [3.8, 4) is 5.75 Å². The quantitative estimate of drug-likeness (QED) is 0.407. The summed E-state index contributed by atoms with van der Waals surface area (Å²) in [7, 11) is -3.86. The van der Waals surface area contributed by atoms with E-state index < -0.39 is 9.84 Å². The number of aromatic amines is 1. The number of sulfone groups is 1. The van der Waals surface area contributed by atoms with Gasteiger partial charge in [-0.15, -0.1) is 0 Å². The minimum atomic E-state index is -3.86. The van der Waals surface area contributed by atoms with Crippen molar-refractivity contribution in [3.05, 3.63) is 77.1 Å². The van der Waals surface area contributed by atoms with Crippen LogP contribution in [0.15, 0.2) is 70.7 Å². The summed E-state index contributed by atoms with van der Waals surface area (Å²) >= 11 is 6.05. The summed E-state index contributed by atoms with van der Waals surface area (Å²) in [6.45, 7) is 3.86. The summed E-state index contributed by atoms with van der Waals surface area (Å²) in [5.74, 6) is -0.0503. The van der Waals surface area contributed by atoms with Crippen LogP contribution in [-0.2, 0) is 16.4 Å². The maximum Gasteiger partial charge on any atom is 0.253 e. The van der Waals surface area contributed by atoms with Gasteiger partial charge in [0.05, 0.1) is 22.8 Å². The second-order valence-electron chi connectivity index (χ2n) is 7.62. The lowest BCUT2D eigenvalue weighted by molar-refractivity contribution is 0.0950. The van der Waals surface area contributed by atoms with Crippen molar-refractivity contribution in [1.29, 1.82) is 0 Å². The fourth-order valence-electron chi connectivity index (χ4n) is 3.20. The Labute approximate surface area is 195 Å². The summed E-state index contributed by atoms with van der Waals surface area (Å²) in [5, 5.41) is 10.5. The zero-order chi connectivity index (χ0) is 23.6. The molecule has 4 rings (SSSR count). The number of amides is 1. The van der Waals surface area contributed by atoms with E-state index in [0.717, 1.165) is 10.9 Å². The van der Waals surface area contributed by atoms with Gasteiger partial charge in [0.15, 0.2) is 5.65 Å². The number of halogens is 1. The number of rotatable bonds is 7. The van der Waals surface area contributed by atoms with E-state index in [1.807, 2.05) is 13.8 Å². The molecule has 0 unspecified atom stereocenters. The number of benzene rings is 2. The van der Waals surface area contributed by atoms with Gasteiger partial charge in [0.1, 0.15) is 10.6 Å². The van der Waals surface area contributed by atoms with Crippen molar-refractivity contribution in [2.45, 2.75) is 36.3 Å². The lowest BCUT2D eigenvalue weighted by Gasteiger charge is -2.15. The van der Waals surface area contributed by atoms with Crippen LogP contribution in [0.3, 0.4) is 0 Å². The number of ether oxygens (including phenoxy) is 1. The number of H-pyrrole nitrogens is 1. The molecule has 2 aromatic carbocycles. The van der Waals surface area contributed by atoms with Crippen LogP contribution in [-0.4, -0.2) is 35.6 Å². The zero-order valence-corrected chi connectivity index (χ0v) is 19.4. The first-order chi connectivity index (χ1) is 15.7. The molecule has 1 amide bonds. The number of carbonyl (C=O) groups excluding carboxylic acids is 1. The molecule has 0 aliphatic heterocycles. The molecule has 0 atom stereocenters. The maximum atomic E-state index is 13.2. The predicted molar refractivity (Wildman–Crippen MR) is 124 cm³/mol. The zero-order valence-electron chi connectivity index (χ0n) is 17.9. The van der Waals surface area contributed by atoms with Crippen LogP contribution in [0.2, 0.25) is 5.02 Å². The van der Waals surface area contributed by atoms with Crippen LogP contribution in [0.1, 0.15) is 29.8 Å². The number of pyridine rings is 1. The SMILES string of the molecule is CC(C)Oc1ccc(Cl)cc1S(=O)(=O)c1ccc(CNC(=O)c2cnc3[nH]ncc3c2)cc1. The van der Waals surface area contributed by atoms with Gasteiger partial charge < -0.3 is 10.1 Å². The van der Waals surface area contributed by atoms with Gasteiger partial charge in [-0.1, -0.05) is 23.7 Å². The van der Waals surface area contributed by atoms with Gasteiger partial charge in [-0.3, -0.25) is 9.89 Å². The summed E-state index contributed by atoms with van der Waals surface area (Å²) in [6.07, 6.45) is 2.86. The van der Waals surface area contributed by atoms with E-state index in [-0.39, 0.29) is 34.1 Å². The van der Waals surface area contributed by atoms with E-state index in [4.69, 9.17) is 16.3 Å². The average molecular weight is 485 g/mol. The van der Waals surface area contributed by atoms with Crippen molar-refractivity contribution in [2.24, 2.45) is 0 Å². The van der Waals surface area contributed by atoms with Gasteiger partial charge in [0.25, 0.3) is 5.91 Å². The molecule has 0 saturated carbocycles. The lowest BCUT2D eigenvalue weighted by Crippen LogP contribution is -2.22. The van der Waals surface area contributed by atoms with Crippen LogP contribution >= 0.6 is 11.6 Å². The second kappa shape index (κ2) is 9.21. The van der Waals surface area contributed by atoms with E-state index in [2.05, 4.69) is 20.5 Å². The Morgan fingerprint density at radius 3 is 2.61 bits per heavy atom. The molecule has 0 aliphatic rings. The van der Waals surface area contributed by atoms with Crippen LogP contribution in [0.4, 0.5) is 0 Å². The second-order valence-corrected chi connectivity index (χ2v) is 9.97. The summed E-state index contributed by atoms with van der Waals surface area (Å²) in [6, 6.07) is 12.5. The van der Waals surface area contributed by atoms with Gasteiger partial charge in [-0.2, -0.15) is 5.10 Å². The van der Waals surface area contributed by atoms with Gasteiger partial charge >= 0.3 is 0 Å². The number of nitrogens with zero attached hydrogens (tertiary/aromatic N) is 2. The highest BCUT2D eigenvalue weighted by atomic mass is 35.5. The van der Waals surface area contributed by atoms with E-state index in [1.165, 1.54) is 24.4 Å². The molecule has 0 fully saturated rings. The predicted octanol–water partition coefficient (Wildman–Crippen LogP) is 4.16. The minimum Gasteiger partial charge on any atom is -0.490 e. The number of hydrogen-bond acceptors (Lipinski definition) is 6. The maximum absolute atomic E-state index is 13.2. The van der Waals surface area contributed by atoms with Crippen molar-refractivity contribution in [3.63, 3.8) is 0 Å². The highest BCUT2D eigenvalue weighted by Gasteiger charge is 2.23. The smallest absolute Gasteiger partial charge is 0.253 e. The number of hydrogen-bond donors (Lipinski definition) is 2. The third-order valence-corrected chi connectivity index (χ3v) is 6.82. The normalized spacial score (nSPS) is 11.6. The van der Waals surface area contributed by atoms with Crippen molar-refractivity contribution in [1.82, 2.24) is 20.5 Å². The van der Waals surface area contributed by atoms with E-state index >= 15 is 0 Å². The van der Waals surface area contributed by atoms with E-state index in [1.54, 1.807) is 36.5 Å². The molecular weight excluding hydrogens is 464 g/mol. The third kappa shape index (κ3) is 4.99. The molecule has 0 saturated heterocycles. The molecule has 33 heavy (non-hydrogen) atoms. The van der Waals surface area contributed by atoms with Crippen LogP contribution in [0.5, 0.6) is 5.75 Å². The first-order valence-corrected chi connectivity index (χ1v) is 12.0. The Balaban J connectivity index is 1.50. The Bertz CT molecular complexity index is 1420. The monoisotopic (exact) mass is 484 g/mol. The molecule has 0 aliphatic carbocycles. The molecule has 2 aromatic heterocycles. The number of nitrogens with one attached hydrogen (secondary N) is 2. The first-order valence-electron chi connectivity index (χ1n) is 10.1. The molecular formula is C23H21ClN4O4S. The first kappa shape index (κ1) is 22.8. The lowest BCUT2D eigenvalue weighted by atomic mass is 10.2. The molecule has 170 valence electrons. The summed E-state index contributed by atoms with van der Waals surface area (Å²) in [5.41, 5.74) is 1.75. The molecule has 0 spiro atoms. The third-order valence-electron chi connectivity index (χ3n) is 4.80. The Morgan fingerprint density at radius 1 is 1.12 bits per heavy atom. The van der Waals surface area contributed by atoms with Gasteiger partial charge in [0.2, 0.25) is 9.84 Å². The Hall–Kier alpha value is -3.43. The summed E-state index contributed by atoms with van der Waals surface area (Å²) < 4.78 is 32.1. The molecule has 2 heterocycles. The number of carbonyl (C=O) groups is 1. The van der Waals surface area contributed by atoms with Gasteiger partial charge in [-0.05, 0) is 55.8 Å². The van der Waals surface area contributed by atoms with Crippen LogP contribution < -0.4 is 10.1 Å². The number of fused-ring (bicyclic) bond motifs is 1. The number of aromatic nitrogens is 3. The Kier molecular flexibility index (Phi) is 6.35. The minimum absolute atomic E-state index is 0.00638. The van der Waals surface area contributed by atoms with Crippen LogP contribution in [0.25, 0.3) is 11.0 Å².